The van der Waals surface area contributed by atoms with Crippen LogP contribution in [0.4, 0.5) is 5.69 Å². The second-order valence-electron chi connectivity index (χ2n) is 6.58. The number of hydrogen-bond acceptors (Lipinski definition) is 2. The predicted molar refractivity (Wildman–Crippen MR) is 80.0 cm³/mol. The van der Waals surface area contributed by atoms with Gasteiger partial charge in [0, 0.05) is 17.6 Å². The van der Waals surface area contributed by atoms with Gasteiger partial charge in [0.25, 0.3) is 0 Å². The summed E-state index contributed by atoms with van der Waals surface area (Å²) in [4.78, 5) is 14.9. The fraction of sp³-hybridized carbons (Fsp3) is 0.588. The zero-order valence-corrected chi connectivity index (χ0v) is 11.9. The molecular weight excluding hydrogens is 248 g/mol. The Morgan fingerprint density at radius 3 is 2.75 bits per heavy atom. The summed E-state index contributed by atoms with van der Waals surface area (Å²) in [6.45, 7) is 1.89. The molecule has 3 aliphatic rings. The molecule has 1 spiro atoms. The smallest absolute Gasteiger partial charge is 0.244 e. The number of anilines is 1. The molecule has 2 fully saturated rings. The summed E-state index contributed by atoms with van der Waals surface area (Å²) >= 11 is 0. The van der Waals surface area contributed by atoms with Crippen LogP contribution in [0.5, 0.6) is 0 Å². The van der Waals surface area contributed by atoms with Crippen LogP contribution in [0.15, 0.2) is 24.3 Å². The maximum atomic E-state index is 12.8. The Morgan fingerprint density at radius 1 is 1.20 bits per heavy atom. The van der Waals surface area contributed by atoms with E-state index >= 15 is 0 Å². The number of rotatable bonds is 1. The minimum atomic E-state index is 0.0413. The van der Waals surface area contributed by atoms with Crippen LogP contribution in [-0.2, 0) is 10.2 Å². The topological polar surface area (TPSA) is 32.3 Å². The maximum absolute atomic E-state index is 12.8. The second kappa shape index (κ2) is 4.59. The molecule has 1 saturated heterocycles. The largest absolute Gasteiger partial charge is 0.310 e. The molecule has 3 heteroatoms. The number of amides is 1. The molecule has 0 aromatic heterocycles. The molecule has 1 atom stereocenters. The highest BCUT2D eigenvalue weighted by atomic mass is 16.2. The third-order valence-electron chi connectivity index (χ3n) is 5.41. The molecule has 1 amide bonds. The van der Waals surface area contributed by atoms with Gasteiger partial charge in [-0.15, -0.1) is 0 Å². The number of hydrogen-bond donors (Lipinski definition) is 1. The van der Waals surface area contributed by atoms with Crippen molar-refractivity contribution in [3.05, 3.63) is 29.8 Å². The van der Waals surface area contributed by atoms with Gasteiger partial charge in [0.2, 0.25) is 5.91 Å². The zero-order valence-electron chi connectivity index (χ0n) is 11.9. The Balaban J connectivity index is 1.70. The minimum Gasteiger partial charge on any atom is -0.310 e. The standard InChI is InChI=1S/C17H22N2O/c20-16(14-7-5-11-18-14)19-12-17(9-3-4-10-17)13-6-1-2-8-15(13)19/h1-2,6,8,14,18H,3-5,7,9-12H2. The van der Waals surface area contributed by atoms with Gasteiger partial charge in [0.15, 0.2) is 0 Å². The van der Waals surface area contributed by atoms with Crippen molar-refractivity contribution in [3.8, 4) is 0 Å². The van der Waals surface area contributed by atoms with Gasteiger partial charge in [0.05, 0.1) is 6.04 Å². The molecule has 1 unspecified atom stereocenters. The van der Waals surface area contributed by atoms with Crippen molar-refractivity contribution in [1.82, 2.24) is 5.32 Å². The number of nitrogens with zero attached hydrogens (tertiary/aromatic N) is 1. The summed E-state index contributed by atoms with van der Waals surface area (Å²) in [5.74, 6) is 0.290. The van der Waals surface area contributed by atoms with E-state index in [0.29, 0.717) is 5.91 Å². The number of para-hydroxylation sites is 1. The van der Waals surface area contributed by atoms with Crippen molar-refractivity contribution >= 4 is 11.6 Å². The third kappa shape index (κ3) is 1.72. The van der Waals surface area contributed by atoms with Gasteiger partial charge in [0.1, 0.15) is 0 Å². The van der Waals surface area contributed by atoms with Gasteiger partial charge in [-0.25, -0.2) is 0 Å². The van der Waals surface area contributed by atoms with Crippen LogP contribution in [-0.4, -0.2) is 25.0 Å². The van der Waals surface area contributed by atoms with Crippen molar-refractivity contribution in [2.75, 3.05) is 18.0 Å². The summed E-state index contributed by atoms with van der Waals surface area (Å²) in [5, 5.41) is 3.35. The Bertz CT molecular complexity index is 528. The van der Waals surface area contributed by atoms with Gasteiger partial charge in [-0.3, -0.25) is 4.79 Å². The number of carbonyl (C=O) groups is 1. The zero-order chi connectivity index (χ0) is 13.6. The highest BCUT2D eigenvalue weighted by Crippen LogP contribution is 2.50. The molecule has 106 valence electrons. The van der Waals surface area contributed by atoms with E-state index in [9.17, 15) is 4.79 Å². The molecule has 3 nitrogen and oxygen atoms in total. The van der Waals surface area contributed by atoms with E-state index in [0.717, 1.165) is 25.9 Å². The second-order valence-corrected chi connectivity index (χ2v) is 6.58. The number of fused-ring (bicyclic) bond motifs is 2. The molecule has 20 heavy (non-hydrogen) atoms. The van der Waals surface area contributed by atoms with Crippen LogP contribution < -0.4 is 10.2 Å². The van der Waals surface area contributed by atoms with Gasteiger partial charge in [-0.1, -0.05) is 31.0 Å². The van der Waals surface area contributed by atoms with Crippen LogP contribution in [0, 0.1) is 0 Å². The molecule has 0 bridgehead atoms. The van der Waals surface area contributed by atoms with Crippen molar-refractivity contribution < 1.29 is 4.79 Å². The molecule has 1 N–H and O–H groups in total. The van der Waals surface area contributed by atoms with Gasteiger partial charge in [-0.05, 0) is 43.9 Å². The molecule has 1 aromatic carbocycles. The summed E-state index contributed by atoms with van der Waals surface area (Å²) in [7, 11) is 0. The average molecular weight is 270 g/mol. The highest BCUT2D eigenvalue weighted by Gasteiger charge is 2.47. The number of carbonyl (C=O) groups excluding carboxylic acids is 1. The fourth-order valence-electron chi connectivity index (χ4n) is 4.39. The van der Waals surface area contributed by atoms with E-state index in [4.69, 9.17) is 0 Å². The average Bonchev–Trinajstić information content (AvgIpc) is 3.21. The van der Waals surface area contributed by atoms with Crippen LogP contribution in [0.3, 0.4) is 0 Å². The van der Waals surface area contributed by atoms with Crippen LogP contribution in [0.25, 0.3) is 0 Å². The van der Waals surface area contributed by atoms with E-state index in [2.05, 4.69) is 34.5 Å². The molecule has 2 aliphatic heterocycles. The van der Waals surface area contributed by atoms with Gasteiger partial charge in [-0.2, -0.15) is 0 Å². The Kier molecular flexibility index (Phi) is 2.84. The van der Waals surface area contributed by atoms with Crippen LogP contribution in [0.1, 0.15) is 44.1 Å². The Labute approximate surface area is 120 Å². The van der Waals surface area contributed by atoms with Crippen LogP contribution in [0.2, 0.25) is 0 Å². The first kappa shape index (κ1) is 12.4. The van der Waals surface area contributed by atoms with Crippen molar-refractivity contribution in [2.45, 2.75) is 50.0 Å². The molecule has 1 saturated carbocycles. The lowest BCUT2D eigenvalue weighted by atomic mass is 9.81. The quantitative estimate of drug-likeness (QED) is 0.850. The van der Waals surface area contributed by atoms with E-state index < -0.39 is 0 Å². The van der Waals surface area contributed by atoms with Crippen molar-refractivity contribution in [2.24, 2.45) is 0 Å². The summed E-state index contributed by atoms with van der Waals surface area (Å²) in [6.07, 6.45) is 7.20. The van der Waals surface area contributed by atoms with Crippen molar-refractivity contribution in [3.63, 3.8) is 0 Å². The lowest BCUT2D eigenvalue weighted by Gasteiger charge is -2.26. The number of benzene rings is 1. The summed E-state index contributed by atoms with van der Waals surface area (Å²) in [6, 6.07) is 8.61. The molecule has 2 heterocycles. The Hall–Kier alpha value is -1.35. The third-order valence-corrected chi connectivity index (χ3v) is 5.41. The molecule has 0 radical (unpaired) electrons. The highest BCUT2D eigenvalue weighted by molar-refractivity contribution is 5.99. The summed E-state index contributed by atoms with van der Waals surface area (Å²) in [5.41, 5.74) is 2.85. The first-order chi connectivity index (χ1) is 9.80. The van der Waals surface area contributed by atoms with Gasteiger partial charge < -0.3 is 10.2 Å². The van der Waals surface area contributed by atoms with Crippen molar-refractivity contribution in [1.29, 1.82) is 0 Å². The van der Waals surface area contributed by atoms with Crippen LogP contribution >= 0.6 is 0 Å². The first-order valence-corrected chi connectivity index (χ1v) is 7.94. The van der Waals surface area contributed by atoms with E-state index in [-0.39, 0.29) is 11.5 Å². The maximum Gasteiger partial charge on any atom is 0.244 e. The molecular formula is C17H22N2O. The lowest BCUT2D eigenvalue weighted by Crippen LogP contribution is -2.45. The Morgan fingerprint density at radius 2 is 2.00 bits per heavy atom. The normalized spacial score (nSPS) is 27.2. The lowest BCUT2D eigenvalue weighted by molar-refractivity contribution is -0.120. The number of nitrogens with one attached hydrogen (secondary N) is 1. The predicted octanol–water partition coefficient (Wildman–Crippen LogP) is 2.60. The van der Waals surface area contributed by atoms with E-state index in [1.165, 1.54) is 36.9 Å². The minimum absolute atomic E-state index is 0.0413. The fourth-order valence-corrected chi connectivity index (χ4v) is 4.39. The monoisotopic (exact) mass is 270 g/mol. The molecule has 4 rings (SSSR count). The SMILES string of the molecule is O=C(C1CCCN1)N1CC2(CCCC2)c2ccccc21. The summed E-state index contributed by atoms with van der Waals surface area (Å²) < 4.78 is 0. The molecule has 1 aliphatic carbocycles. The first-order valence-electron chi connectivity index (χ1n) is 7.94. The van der Waals surface area contributed by atoms with E-state index in [1.807, 2.05) is 0 Å². The molecule has 1 aromatic rings. The van der Waals surface area contributed by atoms with E-state index in [1.54, 1.807) is 0 Å². The van der Waals surface area contributed by atoms with Gasteiger partial charge >= 0.3 is 0 Å².